The average Bonchev–Trinajstić information content (AvgIpc) is 2.29. The van der Waals surface area contributed by atoms with Gasteiger partial charge in [0.1, 0.15) is 5.82 Å². The van der Waals surface area contributed by atoms with Crippen molar-refractivity contribution in [3.05, 3.63) is 29.1 Å². The van der Waals surface area contributed by atoms with Crippen molar-refractivity contribution in [2.75, 3.05) is 17.8 Å². The summed E-state index contributed by atoms with van der Waals surface area (Å²) >= 11 is 1.35. The van der Waals surface area contributed by atoms with E-state index in [0.29, 0.717) is 5.75 Å². The molecule has 0 bridgehead atoms. The molecule has 7 heteroatoms. The summed E-state index contributed by atoms with van der Waals surface area (Å²) in [6.07, 6.45) is 1.76. The van der Waals surface area contributed by atoms with Gasteiger partial charge in [0.05, 0.1) is 16.2 Å². The van der Waals surface area contributed by atoms with Crippen molar-refractivity contribution in [1.29, 1.82) is 0 Å². The van der Waals surface area contributed by atoms with Crippen LogP contribution in [-0.2, 0) is 9.84 Å². The molecule has 0 aliphatic carbocycles. The molecule has 0 fully saturated rings. The molecule has 0 amide bonds. The van der Waals surface area contributed by atoms with Crippen molar-refractivity contribution in [3.8, 4) is 0 Å². The zero-order valence-corrected chi connectivity index (χ0v) is 11.6. The predicted molar refractivity (Wildman–Crippen MR) is 68.5 cm³/mol. The number of carbonyl (C=O) groups is 1. The van der Waals surface area contributed by atoms with Crippen molar-refractivity contribution in [3.63, 3.8) is 0 Å². The molecule has 0 heterocycles. The van der Waals surface area contributed by atoms with E-state index in [4.69, 9.17) is 5.11 Å². The van der Waals surface area contributed by atoms with Crippen LogP contribution in [0.3, 0.4) is 0 Å². The maximum atomic E-state index is 13.5. The Morgan fingerprint density at radius 3 is 2.56 bits per heavy atom. The van der Waals surface area contributed by atoms with Crippen molar-refractivity contribution in [2.45, 2.75) is 11.8 Å². The van der Waals surface area contributed by atoms with Gasteiger partial charge in [-0.25, -0.2) is 17.6 Å². The molecule has 1 aromatic rings. The fraction of sp³-hybridized carbons (Fsp3) is 0.364. The topological polar surface area (TPSA) is 71.4 Å². The summed E-state index contributed by atoms with van der Waals surface area (Å²) in [6.45, 7) is 1.33. The van der Waals surface area contributed by atoms with Crippen LogP contribution in [0.25, 0.3) is 0 Å². The monoisotopic (exact) mass is 292 g/mol. The van der Waals surface area contributed by atoms with Gasteiger partial charge in [-0.1, -0.05) is 0 Å². The number of carboxylic acid groups (broad SMARTS) is 1. The summed E-state index contributed by atoms with van der Waals surface area (Å²) < 4.78 is 37.5. The smallest absolute Gasteiger partial charge is 0.335 e. The first kappa shape index (κ1) is 15.0. The van der Waals surface area contributed by atoms with Gasteiger partial charge in [-0.15, -0.1) is 0 Å². The molecule has 1 rings (SSSR count). The van der Waals surface area contributed by atoms with E-state index in [9.17, 15) is 17.6 Å². The average molecular weight is 292 g/mol. The minimum atomic E-state index is -3.66. The number of thioether (sulfide) groups is 1. The molecule has 1 aromatic carbocycles. The molecule has 0 aromatic heterocycles. The first-order valence-corrected chi connectivity index (χ1v) is 8.09. The molecule has 0 unspecified atom stereocenters. The first-order valence-electron chi connectivity index (χ1n) is 5.04. The van der Waals surface area contributed by atoms with E-state index in [-0.39, 0.29) is 21.8 Å². The molecule has 0 saturated carbocycles. The number of hydrogen-bond acceptors (Lipinski definition) is 4. The highest BCUT2D eigenvalue weighted by Crippen LogP contribution is 2.22. The summed E-state index contributed by atoms with van der Waals surface area (Å²) in [4.78, 5) is 10.6. The van der Waals surface area contributed by atoms with E-state index in [1.165, 1.54) is 18.7 Å². The van der Waals surface area contributed by atoms with Crippen LogP contribution in [-0.4, -0.2) is 37.3 Å². The van der Waals surface area contributed by atoms with Crippen LogP contribution < -0.4 is 0 Å². The lowest BCUT2D eigenvalue weighted by Gasteiger charge is -2.09. The Hall–Kier alpha value is -1.08. The van der Waals surface area contributed by atoms with Crippen LogP contribution >= 0.6 is 11.8 Å². The quantitative estimate of drug-likeness (QED) is 0.898. The molecule has 18 heavy (non-hydrogen) atoms. The highest BCUT2D eigenvalue weighted by Gasteiger charge is 2.21. The number of sulfone groups is 1. The molecule has 0 aliphatic heterocycles. The first-order chi connectivity index (χ1) is 8.29. The Bertz CT molecular complexity index is 567. The van der Waals surface area contributed by atoms with Crippen LogP contribution in [0.2, 0.25) is 0 Å². The Morgan fingerprint density at radius 2 is 2.06 bits per heavy atom. The van der Waals surface area contributed by atoms with E-state index >= 15 is 0 Å². The molecule has 0 saturated heterocycles. The van der Waals surface area contributed by atoms with Gasteiger partial charge in [-0.3, -0.25) is 0 Å². The van der Waals surface area contributed by atoms with Crippen molar-refractivity contribution >= 4 is 27.6 Å². The third-order valence-corrected chi connectivity index (χ3v) is 5.14. The zero-order chi connectivity index (χ0) is 13.9. The zero-order valence-electron chi connectivity index (χ0n) is 9.94. The second kappa shape index (κ2) is 5.71. The summed E-state index contributed by atoms with van der Waals surface area (Å²) in [5, 5.41) is 8.80. The normalized spacial score (nSPS) is 11.5. The lowest BCUT2D eigenvalue weighted by Crippen LogP contribution is -2.13. The number of benzene rings is 1. The van der Waals surface area contributed by atoms with Crippen LogP contribution in [0.5, 0.6) is 0 Å². The lowest BCUT2D eigenvalue weighted by atomic mass is 10.1. The SMILES string of the molecule is CSCCS(=O)(=O)c1cc(C(=O)O)cc(F)c1C. The number of rotatable bonds is 5. The van der Waals surface area contributed by atoms with Gasteiger partial charge in [0.15, 0.2) is 9.84 Å². The van der Waals surface area contributed by atoms with Gasteiger partial charge in [0.25, 0.3) is 0 Å². The Kier molecular flexibility index (Phi) is 4.75. The molecule has 0 aliphatic rings. The largest absolute Gasteiger partial charge is 0.478 e. The van der Waals surface area contributed by atoms with Crippen LogP contribution in [0, 0.1) is 12.7 Å². The molecular formula is C11H13FO4S2. The van der Waals surface area contributed by atoms with Gasteiger partial charge in [-0.05, 0) is 25.3 Å². The molecule has 1 N–H and O–H groups in total. The fourth-order valence-corrected chi connectivity index (χ4v) is 4.04. The number of halogens is 1. The van der Waals surface area contributed by atoms with Gasteiger partial charge < -0.3 is 5.11 Å². The standard InChI is InChI=1S/C11H13FO4S2/c1-7-9(12)5-8(11(13)14)6-10(7)18(15,16)4-3-17-2/h5-6H,3-4H2,1-2H3,(H,13,14). The summed E-state index contributed by atoms with van der Waals surface area (Å²) in [7, 11) is -3.66. The second-order valence-electron chi connectivity index (χ2n) is 3.70. The molecule has 0 atom stereocenters. The molecule has 4 nitrogen and oxygen atoms in total. The van der Waals surface area contributed by atoms with E-state index in [2.05, 4.69) is 0 Å². The highest BCUT2D eigenvalue weighted by molar-refractivity contribution is 8.00. The minimum absolute atomic E-state index is 0.0406. The molecule has 100 valence electrons. The van der Waals surface area contributed by atoms with E-state index in [0.717, 1.165) is 12.1 Å². The number of hydrogen-bond donors (Lipinski definition) is 1. The van der Waals surface area contributed by atoms with E-state index in [1.54, 1.807) is 6.26 Å². The van der Waals surface area contributed by atoms with Gasteiger partial charge in [-0.2, -0.15) is 11.8 Å². The third-order valence-electron chi connectivity index (χ3n) is 2.43. The van der Waals surface area contributed by atoms with Crippen molar-refractivity contribution < 1.29 is 22.7 Å². The number of aromatic carboxylic acids is 1. The van der Waals surface area contributed by atoms with Gasteiger partial charge >= 0.3 is 5.97 Å². The van der Waals surface area contributed by atoms with Gasteiger partial charge in [0, 0.05) is 11.3 Å². The maximum absolute atomic E-state index is 13.5. The lowest BCUT2D eigenvalue weighted by molar-refractivity contribution is 0.0696. The number of carboxylic acids is 1. The summed E-state index contributed by atoms with van der Waals surface area (Å²) in [6, 6.07) is 1.83. The Labute approximate surface area is 109 Å². The Morgan fingerprint density at radius 1 is 1.44 bits per heavy atom. The second-order valence-corrected chi connectivity index (χ2v) is 6.76. The van der Waals surface area contributed by atoms with E-state index in [1.807, 2.05) is 0 Å². The van der Waals surface area contributed by atoms with Crippen LogP contribution in [0.4, 0.5) is 4.39 Å². The van der Waals surface area contributed by atoms with Crippen molar-refractivity contribution in [1.82, 2.24) is 0 Å². The van der Waals surface area contributed by atoms with Crippen LogP contribution in [0.1, 0.15) is 15.9 Å². The Balaban J connectivity index is 3.35. The summed E-state index contributed by atoms with van der Waals surface area (Å²) in [5.41, 5.74) is -0.401. The fourth-order valence-electron chi connectivity index (χ4n) is 1.40. The van der Waals surface area contributed by atoms with Crippen molar-refractivity contribution in [2.24, 2.45) is 0 Å². The maximum Gasteiger partial charge on any atom is 0.335 e. The summed E-state index contributed by atoms with van der Waals surface area (Å²) in [5.74, 6) is -1.94. The van der Waals surface area contributed by atoms with E-state index < -0.39 is 21.6 Å². The molecule has 0 spiro atoms. The molecule has 0 radical (unpaired) electrons. The van der Waals surface area contributed by atoms with Crippen LogP contribution in [0.15, 0.2) is 17.0 Å². The third kappa shape index (κ3) is 3.23. The van der Waals surface area contributed by atoms with Gasteiger partial charge in [0.2, 0.25) is 0 Å². The molecular weight excluding hydrogens is 279 g/mol. The predicted octanol–water partition coefficient (Wildman–Crippen LogP) is 1.97. The highest BCUT2D eigenvalue weighted by atomic mass is 32.2. The minimum Gasteiger partial charge on any atom is -0.478 e.